The topological polar surface area (TPSA) is 99.6 Å². The van der Waals surface area contributed by atoms with Gasteiger partial charge in [0.25, 0.3) is 0 Å². The summed E-state index contributed by atoms with van der Waals surface area (Å²) in [6.07, 6.45) is 4.67. The first-order chi connectivity index (χ1) is 17.8. The molecule has 9 nitrogen and oxygen atoms in total. The van der Waals surface area contributed by atoms with Gasteiger partial charge in [0, 0.05) is 38.0 Å². The summed E-state index contributed by atoms with van der Waals surface area (Å²) < 4.78 is 10.2. The molecule has 206 valence electrons. The maximum absolute atomic E-state index is 14.4. The number of rotatable bonds is 12. The van der Waals surface area contributed by atoms with E-state index >= 15 is 0 Å². The summed E-state index contributed by atoms with van der Waals surface area (Å²) in [4.78, 5) is 47.3. The van der Waals surface area contributed by atoms with Crippen molar-refractivity contribution in [3.8, 4) is 0 Å². The van der Waals surface area contributed by atoms with E-state index in [1.165, 1.54) is 6.08 Å². The van der Waals surface area contributed by atoms with Crippen LogP contribution in [0.2, 0.25) is 0 Å². The maximum atomic E-state index is 14.4. The Bertz CT molecular complexity index is 893. The Labute approximate surface area is 224 Å². The molecule has 4 aliphatic heterocycles. The zero-order valence-corrected chi connectivity index (χ0v) is 22.9. The number of hydrogen-bond donors (Lipinski definition) is 1. The predicted octanol–water partition coefficient (Wildman–Crippen LogP) is 1.17. The van der Waals surface area contributed by atoms with Gasteiger partial charge in [0.15, 0.2) is 0 Å². The Morgan fingerprint density at radius 3 is 2.65 bits per heavy atom. The van der Waals surface area contributed by atoms with Crippen LogP contribution < -0.4 is 0 Å². The Morgan fingerprint density at radius 1 is 1.30 bits per heavy atom. The third-order valence-electron chi connectivity index (χ3n) is 8.35. The lowest BCUT2D eigenvalue weighted by molar-refractivity contribution is -0.153. The summed E-state index contributed by atoms with van der Waals surface area (Å²) in [5.74, 6) is -2.04. The van der Waals surface area contributed by atoms with E-state index < -0.39 is 34.6 Å². The fourth-order valence-corrected chi connectivity index (χ4v) is 8.75. The minimum Gasteiger partial charge on any atom is -0.461 e. The first-order valence-corrected chi connectivity index (χ1v) is 14.3. The molecule has 0 radical (unpaired) electrons. The maximum Gasteiger partial charge on any atom is 0.311 e. The molecule has 0 aliphatic carbocycles. The highest BCUT2D eigenvalue weighted by atomic mass is 32.2. The molecule has 0 aromatic heterocycles. The lowest BCUT2D eigenvalue weighted by atomic mass is 9.71. The van der Waals surface area contributed by atoms with Gasteiger partial charge in [0.2, 0.25) is 11.8 Å². The van der Waals surface area contributed by atoms with E-state index in [0.717, 1.165) is 19.5 Å². The van der Waals surface area contributed by atoms with E-state index in [4.69, 9.17) is 9.47 Å². The summed E-state index contributed by atoms with van der Waals surface area (Å²) in [6.45, 7) is 15.8. The summed E-state index contributed by atoms with van der Waals surface area (Å²) in [7, 11) is 0. The number of ether oxygens (including phenoxy) is 2. The number of likely N-dealkylation sites (tertiary alicyclic amines) is 1. The molecule has 4 rings (SSSR count). The number of carbonyl (C=O) groups is 3. The van der Waals surface area contributed by atoms with Crippen molar-refractivity contribution in [3.63, 3.8) is 0 Å². The SMILES string of the molecule is C=CCOC(=O)[C@@H]1[C@H]2C(=O)N([C@@H](CO)C(C)C)C(C(=O)N(CC=C)CCN3CCOCC3)C23CC[C@H]1S3. The molecular formula is C27H41N3O6S. The van der Waals surface area contributed by atoms with Crippen molar-refractivity contribution in [2.24, 2.45) is 17.8 Å². The number of amides is 2. The minimum absolute atomic E-state index is 0.0588. The van der Waals surface area contributed by atoms with Crippen LogP contribution in [-0.2, 0) is 23.9 Å². The largest absolute Gasteiger partial charge is 0.461 e. The average molecular weight is 536 g/mol. The molecule has 10 heteroatoms. The predicted molar refractivity (Wildman–Crippen MR) is 142 cm³/mol. The van der Waals surface area contributed by atoms with Crippen LogP contribution in [0.25, 0.3) is 0 Å². The van der Waals surface area contributed by atoms with Gasteiger partial charge in [-0.1, -0.05) is 32.6 Å². The number of fused-ring (bicyclic) bond motifs is 1. The van der Waals surface area contributed by atoms with E-state index in [2.05, 4.69) is 18.1 Å². The number of aliphatic hydroxyl groups excluding tert-OH is 1. The zero-order valence-electron chi connectivity index (χ0n) is 22.0. The summed E-state index contributed by atoms with van der Waals surface area (Å²) >= 11 is 1.61. The lowest BCUT2D eigenvalue weighted by Crippen LogP contribution is -2.59. The smallest absolute Gasteiger partial charge is 0.311 e. The summed E-state index contributed by atoms with van der Waals surface area (Å²) in [5.41, 5.74) is 0. The number of nitrogens with zero attached hydrogens (tertiary/aromatic N) is 3. The van der Waals surface area contributed by atoms with E-state index in [-0.39, 0.29) is 36.2 Å². The highest BCUT2D eigenvalue weighted by Crippen LogP contribution is 2.67. The molecule has 4 heterocycles. The van der Waals surface area contributed by atoms with Crippen LogP contribution in [-0.4, -0.2) is 119 Å². The van der Waals surface area contributed by atoms with Crippen LogP contribution in [0.1, 0.15) is 26.7 Å². The first kappa shape index (κ1) is 28.1. The van der Waals surface area contributed by atoms with Gasteiger partial charge in [0.05, 0.1) is 42.4 Å². The molecule has 37 heavy (non-hydrogen) atoms. The van der Waals surface area contributed by atoms with Crippen molar-refractivity contribution in [1.29, 1.82) is 0 Å². The standard InChI is InChI=1S/C27H41N3O6S/c1-5-9-29(11-10-28-12-15-35-16-13-28)25(33)23-27-8-7-20(37-27)21(26(34)36-14-6-2)22(27)24(32)30(23)19(17-31)18(3)4/h5-6,18-23,31H,1-2,7-17H2,3-4H3/t19-,20+,21-,22-,23?,27?/m0/s1. The second-order valence-electron chi connectivity index (χ2n) is 10.7. The summed E-state index contributed by atoms with van der Waals surface area (Å²) in [6, 6.07) is -1.27. The lowest BCUT2D eigenvalue weighted by Gasteiger charge is -2.41. The normalized spacial score (nSPS) is 31.9. The van der Waals surface area contributed by atoms with Crippen LogP contribution >= 0.6 is 11.8 Å². The van der Waals surface area contributed by atoms with Crippen molar-refractivity contribution in [3.05, 3.63) is 25.3 Å². The second kappa shape index (κ2) is 11.9. The van der Waals surface area contributed by atoms with Crippen LogP contribution in [0.15, 0.2) is 25.3 Å². The Morgan fingerprint density at radius 2 is 2.03 bits per heavy atom. The molecule has 6 atom stereocenters. The van der Waals surface area contributed by atoms with E-state index in [1.54, 1.807) is 27.6 Å². The molecule has 0 saturated carbocycles. The van der Waals surface area contributed by atoms with Crippen molar-refractivity contribution < 1.29 is 29.0 Å². The Balaban J connectivity index is 1.67. The van der Waals surface area contributed by atoms with Crippen molar-refractivity contribution >= 4 is 29.5 Å². The molecule has 2 bridgehead atoms. The number of carbonyl (C=O) groups excluding carboxylic acids is 3. The minimum atomic E-state index is -0.749. The van der Waals surface area contributed by atoms with E-state index in [9.17, 15) is 19.5 Å². The first-order valence-electron chi connectivity index (χ1n) is 13.4. The van der Waals surface area contributed by atoms with Crippen LogP contribution in [0.3, 0.4) is 0 Å². The molecule has 4 saturated heterocycles. The third kappa shape index (κ3) is 5.10. The number of esters is 1. The van der Waals surface area contributed by atoms with Gasteiger partial charge in [-0.3, -0.25) is 19.3 Å². The van der Waals surface area contributed by atoms with E-state index in [1.807, 2.05) is 13.8 Å². The number of morpholine rings is 1. The van der Waals surface area contributed by atoms with Crippen molar-refractivity contribution in [2.45, 2.75) is 48.8 Å². The van der Waals surface area contributed by atoms with Gasteiger partial charge in [-0.15, -0.1) is 18.3 Å². The fraction of sp³-hybridized carbons (Fsp3) is 0.741. The highest BCUT2D eigenvalue weighted by molar-refractivity contribution is 8.02. The van der Waals surface area contributed by atoms with Crippen LogP contribution in [0.4, 0.5) is 0 Å². The highest BCUT2D eigenvalue weighted by Gasteiger charge is 2.74. The molecule has 0 aromatic rings. The molecule has 1 N–H and O–H groups in total. The average Bonchev–Trinajstić information content (AvgIpc) is 3.53. The number of hydrogen-bond acceptors (Lipinski definition) is 8. The number of thioether (sulfide) groups is 1. The second-order valence-corrected chi connectivity index (χ2v) is 12.3. The Kier molecular flexibility index (Phi) is 9.04. The molecule has 4 aliphatic rings. The molecule has 1 spiro atoms. The monoisotopic (exact) mass is 535 g/mol. The zero-order chi connectivity index (χ0) is 26.7. The van der Waals surface area contributed by atoms with Crippen molar-refractivity contribution in [1.82, 2.24) is 14.7 Å². The molecule has 2 amide bonds. The van der Waals surface area contributed by atoms with Gasteiger partial charge in [-0.2, -0.15) is 0 Å². The van der Waals surface area contributed by atoms with Gasteiger partial charge >= 0.3 is 5.97 Å². The van der Waals surface area contributed by atoms with Gasteiger partial charge in [-0.05, 0) is 18.8 Å². The van der Waals surface area contributed by atoms with E-state index in [0.29, 0.717) is 39.3 Å². The number of aliphatic hydroxyl groups is 1. The summed E-state index contributed by atoms with van der Waals surface area (Å²) in [5, 5.41) is 10.3. The third-order valence-corrected chi connectivity index (χ3v) is 10.3. The Hall–Kier alpha value is -1.88. The molecule has 4 fully saturated rings. The fourth-order valence-electron chi connectivity index (χ4n) is 6.56. The van der Waals surface area contributed by atoms with Gasteiger partial charge in [-0.25, -0.2) is 0 Å². The van der Waals surface area contributed by atoms with Crippen molar-refractivity contribution in [2.75, 3.05) is 59.2 Å². The van der Waals surface area contributed by atoms with Crippen LogP contribution in [0, 0.1) is 17.8 Å². The molecular weight excluding hydrogens is 494 g/mol. The van der Waals surface area contributed by atoms with Gasteiger partial charge < -0.3 is 24.4 Å². The van der Waals surface area contributed by atoms with Crippen LogP contribution in [0.5, 0.6) is 0 Å². The van der Waals surface area contributed by atoms with Gasteiger partial charge in [0.1, 0.15) is 12.6 Å². The molecule has 2 unspecified atom stereocenters. The quantitative estimate of drug-likeness (QED) is 0.294. The molecule has 0 aromatic carbocycles.